The zero-order valence-corrected chi connectivity index (χ0v) is 12.1. The first kappa shape index (κ1) is 14.4. The van der Waals surface area contributed by atoms with Crippen molar-refractivity contribution >= 4 is 15.7 Å². The van der Waals surface area contributed by atoms with Gasteiger partial charge in [0.25, 0.3) is 10.0 Å². The molecule has 2 aromatic rings. The Labute approximate surface area is 118 Å². The van der Waals surface area contributed by atoms with Crippen LogP contribution in [0.4, 0.5) is 5.69 Å². The Morgan fingerprint density at radius 1 is 1.25 bits per heavy atom. The molecule has 7 heteroatoms. The van der Waals surface area contributed by atoms with E-state index in [1.54, 1.807) is 37.6 Å². The predicted octanol–water partition coefficient (Wildman–Crippen LogP) is 1.34. The van der Waals surface area contributed by atoms with Gasteiger partial charge in [0, 0.05) is 39.2 Å². The summed E-state index contributed by atoms with van der Waals surface area (Å²) in [5.74, 6) is 0. The summed E-state index contributed by atoms with van der Waals surface area (Å²) >= 11 is 0. The monoisotopic (exact) mass is 292 g/mol. The Bertz CT molecular complexity index is 674. The van der Waals surface area contributed by atoms with E-state index in [-0.39, 0.29) is 11.6 Å². The molecule has 0 saturated carbocycles. The van der Waals surface area contributed by atoms with Crippen molar-refractivity contribution in [2.24, 2.45) is 0 Å². The SMILES string of the molecule is CNc1cccnc1S(=O)(=O)N(C)Cc1cccnc1. The predicted molar refractivity (Wildman–Crippen MR) is 76.7 cm³/mol. The molecule has 0 aromatic carbocycles. The second-order valence-electron chi connectivity index (χ2n) is 4.23. The Morgan fingerprint density at radius 2 is 2.00 bits per heavy atom. The van der Waals surface area contributed by atoms with E-state index >= 15 is 0 Å². The van der Waals surface area contributed by atoms with Crippen LogP contribution >= 0.6 is 0 Å². The van der Waals surface area contributed by atoms with Gasteiger partial charge in [0.05, 0.1) is 5.69 Å². The Morgan fingerprint density at radius 3 is 2.65 bits per heavy atom. The van der Waals surface area contributed by atoms with Crippen LogP contribution in [0.1, 0.15) is 5.56 Å². The molecule has 2 aromatic heterocycles. The molecule has 106 valence electrons. The quantitative estimate of drug-likeness (QED) is 0.900. The number of hydrogen-bond donors (Lipinski definition) is 1. The van der Waals surface area contributed by atoms with E-state index in [0.29, 0.717) is 5.69 Å². The number of pyridine rings is 2. The smallest absolute Gasteiger partial charge is 0.262 e. The van der Waals surface area contributed by atoms with Crippen LogP contribution in [0.25, 0.3) is 0 Å². The van der Waals surface area contributed by atoms with Gasteiger partial charge in [-0.1, -0.05) is 6.07 Å². The van der Waals surface area contributed by atoms with Crippen molar-refractivity contribution in [1.82, 2.24) is 14.3 Å². The number of aromatic nitrogens is 2. The molecule has 0 atom stereocenters. The minimum absolute atomic E-state index is 0.0221. The maximum absolute atomic E-state index is 12.5. The van der Waals surface area contributed by atoms with Crippen molar-refractivity contribution < 1.29 is 8.42 Å². The molecule has 0 unspecified atom stereocenters. The summed E-state index contributed by atoms with van der Waals surface area (Å²) in [4.78, 5) is 7.95. The van der Waals surface area contributed by atoms with Gasteiger partial charge in [0.2, 0.25) is 0 Å². The summed E-state index contributed by atoms with van der Waals surface area (Å²) in [6.07, 6.45) is 4.75. The molecule has 0 aliphatic heterocycles. The first-order chi connectivity index (χ1) is 9.55. The highest BCUT2D eigenvalue weighted by molar-refractivity contribution is 7.89. The molecule has 6 nitrogen and oxygen atoms in total. The molecule has 0 amide bonds. The molecule has 0 bridgehead atoms. The van der Waals surface area contributed by atoms with Crippen molar-refractivity contribution in [2.45, 2.75) is 11.6 Å². The molecule has 1 N–H and O–H groups in total. The fraction of sp³-hybridized carbons (Fsp3) is 0.231. The van der Waals surface area contributed by atoms with Gasteiger partial charge in [-0.05, 0) is 23.8 Å². The van der Waals surface area contributed by atoms with Gasteiger partial charge >= 0.3 is 0 Å². The van der Waals surface area contributed by atoms with Gasteiger partial charge in [-0.2, -0.15) is 4.31 Å². The molecule has 2 rings (SSSR count). The van der Waals surface area contributed by atoms with E-state index in [1.807, 2.05) is 6.07 Å². The van der Waals surface area contributed by atoms with Crippen LogP contribution in [-0.4, -0.2) is 36.8 Å². The lowest BCUT2D eigenvalue weighted by atomic mass is 10.3. The maximum atomic E-state index is 12.5. The first-order valence-corrected chi connectivity index (χ1v) is 7.47. The summed E-state index contributed by atoms with van der Waals surface area (Å²) in [6.45, 7) is 0.246. The summed E-state index contributed by atoms with van der Waals surface area (Å²) in [7, 11) is -0.460. The molecule has 0 fully saturated rings. The minimum atomic E-state index is -3.65. The number of sulfonamides is 1. The minimum Gasteiger partial charge on any atom is -0.386 e. The maximum Gasteiger partial charge on any atom is 0.262 e. The third kappa shape index (κ3) is 2.94. The first-order valence-electron chi connectivity index (χ1n) is 6.03. The van der Waals surface area contributed by atoms with Gasteiger partial charge in [0.1, 0.15) is 0 Å². The van der Waals surface area contributed by atoms with E-state index < -0.39 is 10.0 Å². The van der Waals surface area contributed by atoms with Gasteiger partial charge in [-0.3, -0.25) is 4.98 Å². The van der Waals surface area contributed by atoms with Crippen molar-refractivity contribution in [3.63, 3.8) is 0 Å². The standard InChI is InChI=1S/C13H16N4O2S/c1-14-12-6-4-8-16-13(12)20(18,19)17(2)10-11-5-3-7-15-9-11/h3-9,14H,10H2,1-2H3. The lowest BCUT2D eigenvalue weighted by molar-refractivity contribution is 0.464. The topological polar surface area (TPSA) is 75.2 Å². The van der Waals surface area contributed by atoms with Crippen molar-refractivity contribution in [3.05, 3.63) is 48.4 Å². The number of nitrogens with one attached hydrogen (secondary N) is 1. The van der Waals surface area contributed by atoms with Gasteiger partial charge in [0.15, 0.2) is 5.03 Å². The summed E-state index contributed by atoms with van der Waals surface area (Å²) < 4.78 is 26.3. The highest BCUT2D eigenvalue weighted by Crippen LogP contribution is 2.21. The van der Waals surface area contributed by atoms with Crippen LogP contribution in [0.3, 0.4) is 0 Å². The fourth-order valence-corrected chi connectivity index (χ4v) is 3.02. The summed E-state index contributed by atoms with van der Waals surface area (Å²) in [5.41, 5.74) is 1.30. The van der Waals surface area contributed by atoms with Crippen molar-refractivity contribution in [1.29, 1.82) is 0 Å². The van der Waals surface area contributed by atoms with Crippen LogP contribution < -0.4 is 5.32 Å². The largest absolute Gasteiger partial charge is 0.386 e. The number of rotatable bonds is 5. The zero-order valence-electron chi connectivity index (χ0n) is 11.3. The Balaban J connectivity index is 2.30. The van der Waals surface area contributed by atoms with E-state index in [9.17, 15) is 8.42 Å². The summed E-state index contributed by atoms with van der Waals surface area (Å²) in [5, 5.41) is 2.86. The Hall–Kier alpha value is -1.99. The molecule has 2 heterocycles. The molecule has 0 spiro atoms. The van der Waals surface area contributed by atoms with Crippen molar-refractivity contribution in [2.75, 3.05) is 19.4 Å². The lowest BCUT2D eigenvalue weighted by Gasteiger charge is -2.18. The van der Waals surface area contributed by atoms with Gasteiger partial charge in [-0.15, -0.1) is 0 Å². The Kier molecular flexibility index (Phi) is 4.31. The lowest BCUT2D eigenvalue weighted by Crippen LogP contribution is -2.28. The molecular formula is C13H16N4O2S. The molecule has 20 heavy (non-hydrogen) atoms. The molecule has 0 aliphatic rings. The van der Waals surface area contributed by atoms with Gasteiger partial charge in [-0.25, -0.2) is 13.4 Å². The number of hydrogen-bond acceptors (Lipinski definition) is 5. The number of anilines is 1. The highest BCUT2D eigenvalue weighted by atomic mass is 32.2. The van der Waals surface area contributed by atoms with E-state index in [1.165, 1.54) is 17.5 Å². The summed E-state index contributed by atoms with van der Waals surface area (Å²) in [6, 6.07) is 6.97. The van der Waals surface area contributed by atoms with Crippen LogP contribution in [-0.2, 0) is 16.6 Å². The molecule has 0 saturated heterocycles. The normalized spacial score (nSPS) is 11.6. The van der Waals surface area contributed by atoms with Crippen LogP contribution in [0.5, 0.6) is 0 Å². The second-order valence-corrected chi connectivity index (χ2v) is 6.19. The third-order valence-corrected chi connectivity index (χ3v) is 4.59. The van der Waals surface area contributed by atoms with Crippen LogP contribution in [0.15, 0.2) is 47.9 Å². The van der Waals surface area contributed by atoms with Crippen LogP contribution in [0.2, 0.25) is 0 Å². The van der Waals surface area contributed by atoms with E-state index in [4.69, 9.17) is 0 Å². The highest BCUT2D eigenvalue weighted by Gasteiger charge is 2.25. The van der Waals surface area contributed by atoms with Crippen LogP contribution in [0, 0.1) is 0 Å². The zero-order chi connectivity index (χ0) is 14.6. The average molecular weight is 292 g/mol. The molecular weight excluding hydrogens is 276 g/mol. The van der Waals surface area contributed by atoms with Crippen molar-refractivity contribution in [3.8, 4) is 0 Å². The van der Waals surface area contributed by atoms with E-state index in [2.05, 4.69) is 15.3 Å². The third-order valence-electron chi connectivity index (χ3n) is 2.82. The average Bonchev–Trinajstić information content (AvgIpc) is 2.48. The number of nitrogens with zero attached hydrogens (tertiary/aromatic N) is 3. The molecule has 0 aliphatic carbocycles. The second kappa shape index (κ2) is 5.98. The fourth-order valence-electron chi connectivity index (χ4n) is 1.77. The van der Waals surface area contributed by atoms with Gasteiger partial charge < -0.3 is 5.32 Å². The molecule has 0 radical (unpaired) electrons. The van der Waals surface area contributed by atoms with E-state index in [0.717, 1.165) is 5.56 Å².